The Bertz CT molecular complexity index is 984. The minimum Gasteiger partial charge on any atom is -0.477 e. The van der Waals surface area contributed by atoms with Gasteiger partial charge >= 0.3 is 0 Å². The molecule has 2 amide bonds. The molecule has 4 rings (SSSR count). The number of anilines is 1. The van der Waals surface area contributed by atoms with Gasteiger partial charge in [-0.25, -0.2) is 4.68 Å². The van der Waals surface area contributed by atoms with Crippen LogP contribution in [-0.2, 0) is 4.79 Å². The third-order valence-electron chi connectivity index (χ3n) is 4.39. The van der Waals surface area contributed by atoms with Crippen LogP contribution in [0.1, 0.15) is 10.5 Å². The van der Waals surface area contributed by atoms with E-state index in [-0.39, 0.29) is 18.4 Å². The molecule has 1 unspecified atom stereocenters. The van der Waals surface area contributed by atoms with Crippen LogP contribution in [0.15, 0.2) is 66.9 Å². The standard InChI is InChI=1S/C20H18N4O3/c1-21-19(25)18-13-23(16-9-5-6-10-17(16)27-18)20(26)15-11-12-24(22-15)14-7-3-2-4-8-14/h2-12,18H,13H2,1H3,(H,21,25). The van der Waals surface area contributed by atoms with Gasteiger partial charge in [0, 0.05) is 13.2 Å². The molecular weight excluding hydrogens is 344 g/mol. The number of hydrogen-bond acceptors (Lipinski definition) is 4. The molecule has 27 heavy (non-hydrogen) atoms. The van der Waals surface area contributed by atoms with Crippen LogP contribution in [0.4, 0.5) is 5.69 Å². The Morgan fingerprint density at radius 3 is 2.59 bits per heavy atom. The Morgan fingerprint density at radius 1 is 1.07 bits per heavy atom. The number of fused-ring (bicyclic) bond motifs is 1. The third-order valence-corrected chi connectivity index (χ3v) is 4.39. The van der Waals surface area contributed by atoms with Crippen LogP contribution in [-0.4, -0.2) is 41.3 Å². The summed E-state index contributed by atoms with van der Waals surface area (Å²) in [4.78, 5) is 26.7. The highest BCUT2D eigenvalue weighted by Crippen LogP contribution is 2.34. The van der Waals surface area contributed by atoms with Crippen molar-refractivity contribution in [1.82, 2.24) is 15.1 Å². The minimum atomic E-state index is -0.773. The predicted molar refractivity (Wildman–Crippen MR) is 100 cm³/mol. The number of carbonyl (C=O) groups excluding carboxylic acids is 2. The number of aromatic nitrogens is 2. The Labute approximate surface area is 156 Å². The quantitative estimate of drug-likeness (QED) is 0.773. The van der Waals surface area contributed by atoms with E-state index >= 15 is 0 Å². The van der Waals surface area contributed by atoms with E-state index in [1.165, 1.54) is 4.90 Å². The fourth-order valence-corrected chi connectivity index (χ4v) is 3.03. The summed E-state index contributed by atoms with van der Waals surface area (Å²) in [5.74, 6) is -0.0698. The van der Waals surface area contributed by atoms with Crippen molar-refractivity contribution in [2.24, 2.45) is 0 Å². The maximum atomic E-state index is 13.1. The van der Waals surface area contributed by atoms with Crippen molar-refractivity contribution in [3.8, 4) is 11.4 Å². The van der Waals surface area contributed by atoms with Crippen molar-refractivity contribution in [1.29, 1.82) is 0 Å². The lowest BCUT2D eigenvalue weighted by atomic mass is 10.1. The first kappa shape index (κ1) is 16.8. The minimum absolute atomic E-state index is 0.119. The normalized spacial score (nSPS) is 15.6. The van der Waals surface area contributed by atoms with Crippen molar-refractivity contribution in [2.45, 2.75) is 6.10 Å². The Balaban J connectivity index is 1.66. The lowest BCUT2D eigenvalue weighted by Gasteiger charge is -2.33. The Hall–Kier alpha value is -3.61. The molecule has 7 heteroatoms. The number of nitrogens with zero attached hydrogens (tertiary/aromatic N) is 3. The fourth-order valence-electron chi connectivity index (χ4n) is 3.03. The van der Waals surface area contributed by atoms with Crippen LogP contribution >= 0.6 is 0 Å². The zero-order valence-corrected chi connectivity index (χ0v) is 14.7. The summed E-state index contributed by atoms with van der Waals surface area (Å²) in [6, 6.07) is 18.4. The second kappa shape index (κ2) is 6.95. The van der Waals surface area contributed by atoms with Crippen molar-refractivity contribution >= 4 is 17.5 Å². The molecule has 0 aliphatic carbocycles. The van der Waals surface area contributed by atoms with Gasteiger partial charge in [-0.15, -0.1) is 0 Å². The predicted octanol–water partition coefficient (Wildman–Crippen LogP) is 2.03. The summed E-state index contributed by atoms with van der Waals surface area (Å²) in [6.45, 7) is 0.119. The maximum Gasteiger partial charge on any atom is 0.279 e. The van der Waals surface area contributed by atoms with Crippen LogP contribution in [0.25, 0.3) is 5.69 Å². The molecule has 1 aromatic heterocycles. The number of hydrogen-bond donors (Lipinski definition) is 1. The Kier molecular flexibility index (Phi) is 4.33. The molecule has 0 saturated heterocycles. The van der Waals surface area contributed by atoms with E-state index in [0.29, 0.717) is 17.1 Å². The molecule has 1 atom stereocenters. The monoisotopic (exact) mass is 362 g/mol. The van der Waals surface area contributed by atoms with E-state index < -0.39 is 6.10 Å². The molecule has 7 nitrogen and oxygen atoms in total. The van der Waals surface area contributed by atoms with Crippen molar-refractivity contribution in [2.75, 3.05) is 18.5 Å². The van der Waals surface area contributed by atoms with E-state index in [1.54, 1.807) is 42.2 Å². The fraction of sp³-hybridized carbons (Fsp3) is 0.150. The molecule has 1 aliphatic rings. The molecule has 0 bridgehead atoms. The van der Waals surface area contributed by atoms with E-state index in [2.05, 4.69) is 10.4 Å². The zero-order chi connectivity index (χ0) is 18.8. The van der Waals surface area contributed by atoms with Gasteiger partial charge in [-0.3, -0.25) is 14.5 Å². The first-order chi connectivity index (χ1) is 13.2. The summed E-state index contributed by atoms with van der Waals surface area (Å²) >= 11 is 0. The summed E-state index contributed by atoms with van der Waals surface area (Å²) in [5, 5.41) is 6.97. The first-order valence-electron chi connectivity index (χ1n) is 8.57. The topological polar surface area (TPSA) is 76.5 Å². The highest BCUT2D eigenvalue weighted by Gasteiger charge is 2.34. The highest BCUT2D eigenvalue weighted by atomic mass is 16.5. The molecule has 0 radical (unpaired) electrons. The van der Waals surface area contributed by atoms with Gasteiger partial charge in [0.2, 0.25) is 0 Å². The van der Waals surface area contributed by atoms with Crippen LogP contribution in [0.5, 0.6) is 5.75 Å². The molecule has 2 aromatic carbocycles. The van der Waals surface area contributed by atoms with Crippen LogP contribution in [0.2, 0.25) is 0 Å². The molecule has 0 spiro atoms. The molecule has 136 valence electrons. The van der Waals surface area contributed by atoms with Gasteiger partial charge in [0.15, 0.2) is 11.8 Å². The summed E-state index contributed by atoms with van der Waals surface area (Å²) in [6.07, 6.45) is 0.968. The first-order valence-corrected chi connectivity index (χ1v) is 8.57. The number of rotatable bonds is 3. The Morgan fingerprint density at radius 2 is 1.81 bits per heavy atom. The van der Waals surface area contributed by atoms with Gasteiger partial charge in [-0.05, 0) is 30.3 Å². The molecule has 1 aliphatic heterocycles. The van der Waals surface area contributed by atoms with Gasteiger partial charge in [-0.2, -0.15) is 5.10 Å². The van der Waals surface area contributed by atoms with Gasteiger partial charge in [-0.1, -0.05) is 30.3 Å². The molecule has 2 heterocycles. The summed E-state index contributed by atoms with van der Waals surface area (Å²) in [5.41, 5.74) is 1.78. The molecule has 3 aromatic rings. The SMILES string of the molecule is CNC(=O)C1CN(C(=O)c2ccn(-c3ccccc3)n2)c2ccccc2O1. The van der Waals surface area contributed by atoms with Crippen LogP contribution in [0, 0.1) is 0 Å². The second-order valence-corrected chi connectivity index (χ2v) is 6.09. The highest BCUT2D eigenvalue weighted by molar-refractivity contribution is 6.06. The largest absolute Gasteiger partial charge is 0.477 e. The average molecular weight is 362 g/mol. The third kappa shape index (κ3) is 3.15. The van der Waals surface area contributed by atoms with E-state index in [9.17, 15) is 9.59 Å². The second-order valence-electron chi connectivity index (χ2n) is 6.09. The zero-order valence-electron chi connectivity index (χ0n) is 14.7. The van der Waals surface area contributed by atoms with Gasteiger partial charge in [0.05, 0.1) is 17.9 Å². The average Bonchev–Trinajstić information content (AvgIpc) is 3.22. The maximum absolute atomic E-state index is 13.1. The van der Waals surface area contributed by atoms with E-state index in [4.69, 9.17) is 4.74 Å². The van der Waals surface area contributed by atoms with Gasteiger partial charge in [0.25, 0.3) is 11.8 Å². The number of likely N-dealkylation sites (N-methyl/N-ethyl adjacent to an activating group) is 1. The van der Waals surface area contributed by atoms with Crippen molar-refractivity contribution in [3.05, 3.63) is 72.6 Å². The molecule has 0 saturated carbocycles. The lowest BCUT2D eigenvalue weighted by molar-refractivity contribution is -0.127. The number of ether oxygens (including phenoxy) is 1. The van der Waals surface area contributed by atoms with E-state index in [0.717, 1.165) is 5.69 Å². The molecular formula is C20H18N4O3. The smallest absolute Gasteiger partial charge is 0.279 e. The van der Waals surface area contributed by atoms with E-state index in [1.807, 2.05) is 36.4 Å². The molecule has 0 fully saturated rings. The van der Waals surface area contributed by atoms with Crippen molar-refractivity contribution in [3.63, 3.8) is 0 Å². The van der Waals surface area contributed by atoms with Crippen LogP contribution < -0.4 is 15.0 Å². The number of nitrogens with one attached hydrogen (secondary N) is 1. The summed E-state index contributed by atoms with van der Waals surface area (Å²) in [7, 11) is 1.54. The number of para-hydroxylation sites is 3. The number of amides is 2. The lowest BCUT2D eigenvalue weighted by Crippen LogP contribution is -2.50. The van der Waals surface area contributed by atoms with Gasteiger partial charge < -0.3 is 10.1 Å². The number of carbonyl (C=O) groups is 2. The van der Waals surface area contributed by atoms with Crippen LogP contribution in [0.3, 0.4) is 0 Å². The van der Waals surface area contributed by atoms with Gasteiger partial charge in [0.1, 0.15) is 5.75 Å². The van der Waals surface area contributed by atoms with Crippen molar-refractivity contribution < 1.29 is 14.3 Å². The number of benzene rings is 2. The summed E-state index contributed by atoms with van der Waals surface area (Å²) < 4.78 is 7.39. The molecule has 1 N–H and O–H groups in total.